The number of carbonyl (C=O) groups is 1. The molecule has 1 aromatic carbocycles. The predicted molar refractivity (Wildman–Crippen MR) is 120 cm³/mol. The molecule has 2 aliphatic rings. The van der Waals surface area contributed by atoms with Gasteiger partial charge in [0.05, 0.1) is 18.0 Å². The van der Waals surface area contributed by atoms with Gasteiger partial charge in [-0.3, -0.25) is 9.36 Å². The molecule has 1 saturated carbocycles. The van der Waals surface area contributed by atoms with Gasteiger partial charge in [0.15, 0.2) is 0 Å². The fraction of sp³-hybridized carbons (Fsp3) is 0.565. The Balaban J connectivity index is 1.24. The van der Waals surface area contributed by atoms with Crippen LogP contribution >= 0.6 is 8.25 Å². The Morgan fingerprint density at radius 1 is 1.32 bits per heavy atom. The number of carbonyl (C=O) groups excluding carboxylic acids is 1. The lowest BCUT2D eigenvalue weighted by Gasteiger charge is -2.10. The maximum atomic E-state index is 12.9. The molecule has 8 heteroatoms. The second-order valence-corrected chi connectivity index (χ2v) is 10.1. The molecule has 3 unspecified atom stereocenters. The zero-order chi connectivity index (χ0) is 22.2. The van der Waals surface area contributed by atoms with E-state index in [0.717, 1.165) is 42.0 Å². The first-order valence-corrected chi connectivity index (χ1v) is 12.3. The van der Waals surface area contributed by atoms with Gasteiger partial charge in [0, 0.05) is 18.5 Å². The minimum absolute atomic E-state index is 0.0851. The van der Waals surface area contributed by atoms with Crippen molar-refractivity contribution in [2.75, 3.05) is 13.2 Å². The third-order valence-electron chi connectivity index (χ3n) is 6.92. The molecule has 1 fully saturated rings. The molecule has 4 rings (SSSR count). The van der Waals surface area contributed by atoms with Crippen LogP contribution in [-0.2, 0) is 28.5 Å². The molecule has 1 heterocycles. The largest absolute Gasteiger partial charge is 0.326 e. The summed E-state index contributed by atoms with van der Waals surface area (Å²) in [5, 5.41) is 7.87. The maximum Gasteiger partial charge on any atom is 0.316 e. The Hall–Kier alpha value is -1.79. The molecular weight excluding hydrogens is 413 g/mol. The Kier molecular flexibility index (Phi) is 6.50. The van der Waals surface area contributed by atoms with E-state index in [2.05, 4.69) is 53.1 Å². The van der Waals surface area contributed by atoms with Gasteiger partial charge in [-0.05, 0) is 61.1 Å². The van der Waals surface area contributed by atoms with Gasteiger partial charge in [0.2, 0.25) is 5.91 Å². The highest BCUT2D eigenvalue weighted by atomic mass is 31.1. The zero-order valence-electron chi connectivity index (χ0n) is 18.5. The first kappa shape index (κ1) is 22.4. The van der Waals surface area contributed by atoms with Crippen LogP contribution < -0.4 is 5.32 Å². The number of aromatic nitrogens is 2. The molecule has 0 spiro atoms. The topological polar surface area (TPSA) is 93.5 Å². The quantitative estimate of drug-likeness (QED) is 0.428. The number of aryl methyl sites for hydroxylation is 2. The fourth-order valence-corrected chi connectivity index (χ4v) is 5.39. The number of rotatable bonds is 10. The van der Waals surface area contributed by atoms with Crippen molar-refractivity contribution in [3.63, 3.8) is 0 Å². The van der Waals surface area contributed by atoms with Crippen molar-refractivity contribution >= 4 is 14.2 Å². The van der Waals surface area contributed by atoms with E-state index in [1.807, 2.05) is 6.92 Å². The van der Waals surface area contributed by atoms with Crippen LogP contribution in [0.3, 0.4) is 0 Å². The standard InChI is InChI=1S/C23H32N3O4P/c1-15-21-19(13-18-22(21)23(18,2)3)26(25-15)20(27)10-9-16-5-7-17(8-6-16)14-24-11-4-12-30-31(28)29/h5-8,18,22,24,31H,4,9-14H2,1-3H3,(H,28,29). The lowest BCUT2D eigenvalue weighted by Crippen LogP contribution is -2.17. The van der Waals surface area contributed by atoms with Crippen LogP contribution in [-0.4, -0.2) is 33.7 Å². The van der Waals surface area contributed by atoms with Crippen molar-refractivity contribution in [3.8, 4) is 0 Å². The van der Waals surface area contributed by atoms with E-state index in [1.54, 1.807) is 4.68 Å². The summed E-state index contributed by atoms with van der Waals surface area (Å²) in [6.07, 6.45) is 2.83. The van der Waals surface area contributed by atoms with E-state index < -0.39 is 8.25 Å². The number of benzene rings is 1. The van der Waals surface area contributed by atoms with Crippen molar-refractivity contribution in [3.05, 3.63) is 52.3 Å². The Labute approximate surface area is 184 Å². The smallest absolute Gasteiger partial charge is 0.316 e. The second kappa shape index (κ2) is 8.99. The molecular formula is C23H32N3O4P. The van der Waals surface area contributed by atoms with Gasteiger partial charge >= 0.3 is 8.25 Å². The van der Waals surface area contributed by atoms with Crippen LogP contribution in [0, 0.1) is 18.3 Å². The molecule has 0 radical (unpaired) electrons. The number of hydrogen-bond donors (Lipinski definition) is 2. The SMILES string of the molecule is Cc1nn(C(=O)CCc2ccc(CNCCCO[PH](=O)O)cc2)c2c1C1C(C2)C1(C)C. The van der Waals surface area contributed by atoms with Crippen LogP contribution in [0.5, 0.6) is 0 Å². The highest BCUT2D eigenvalue weighted by molar-refractivity contribution is 7.32. The predicted octanol–water partition coefficient (Wildman–Crippen LogP) is 3.64. The number of nitrogens with one attached hydrogen (secondary N) is 1. The van der Waals surface area contributed by atoms with Crippen molar-refractivity contribution in [1.82, 2.24) is 15.1 Å². The summed E-state index contributed by atoms with van der Waals surface area (Å²) in [5.41, 5.74) is 6.17. The molecule has 2 aromatic rings. The van der Waals surface area contributed by atoms with Crippen LogP contribution in [0.4, 0.5) is 0 Å². The summed E-state index contributed by atoms with van der Waals surface area (Å²) in [6, 6.07) is 8.28. The third-order valence-corrected chi connectivity index (χ3v) is 7.37. The number of nitrogens with zero attached hydrogens (tertiary/aromatic N) is 2. The van der Waals surface area contributed by atoms with Gasteiger partial charge in [-0.2, -0.15) is 5.10 Å². The van der Waals surface area contributed by atoms with Crippen molar-refractivity contribution in [1.29, 1.82) is 0 Å². The number of fused-ring (bicyclic) bond motifs is 3. The van der Waals surface area contributed by atoms with Crippen molar-refractivity contribution < 1.29 is 18.8 Å². The van der Waals surface area contributed by atoms with Gasteiger partial charge in [-0.25, -0.2) is 4.68 Å². The summed E-state index contributed by atoms with van der Waals surface area (Å²) in [4.78, 5) is 21.5. The molecule has 3 atom stereocenters. The molecule has 168 valence electrons. The van der Waals surface area contributed by atoms with Crippen molar-refractivity contribution in [2.24, 2.45) is 11.3 Å². The van der Waals surface area contributed by atoms with E-state index in [-0.39, 0.29) is 12.5 Å². The summed E-state index contributed by atoms with van der Waals surface area (Å²) < 4.78 is 16.8. The molecule has 0 aliphatic heterocycles. The van der Waals surface area contributed by atoms with E-state index in [1.165, 1.54) is 5.56 Å². The Morgan fingerprint density at radius 3 is 2.74 bits per heavy atom. The highest BCUT2D eigenvalue weighted by Gasteiger charge is 2.64. The van der Waals surface area contributed by atoms with Gasteiger partial charge in [0.25, 0.3) is 0 Å². The maximum absolute atomic E-state index is 12.9. The normalized spacial score (nSPS) is 21.5. The first-order valence-electron chi connectivity index (χ1n) is 11.0. The van der Waals surface area contributed by atoms with Crippen LogP contribution in [0.15, 0.2) is 24.3 Å². The van der Waals surface area contributed by atoms with Gasteiger partial charge in [-0.15, -0.1) is 0 Å². The second-order valence-electron chi connectivity index (χ2n) is 9.32. The molecule has 31 heavy (non-hydrogen) atoms. The van der Waals surface area contributed by atoms with Crippen molar-refractivity contribution in [2.45, 2.75) is 58.9 Å². The molecule has 0 saturated heterocycles. The lowest BCUT2D eigenvalue weighted by molar-refractivity contribution is 0.0882. The van der Waals surface area contributed by atoms with Crippen LogP contribution in [0.25, 0.3) is 0 Å². The monoisotopic (exact) mass is 445 g/mol. The number of hydrogen-bond acceptors (Lipinski definition) is 5. The Morgan fingerprint density at radius 2 is 2.03 bits per heavy atom. The molecule has 2 N–H and O–H groups in total. The molecule has 7 nitrogen and oxygen atoms in total. The summed E-state index contributed by atoms with van der Waals surface area (Å²) in [6.45, 7) is 8.40. The minimum atomic E-state index is -2.82. The van der Waals surface area contributed by atoms with E-state index >= 15 is 0 Å². The molecule has 0 amide bonds. The Bertz CT molecular complexity index is 983. The average Bonchev–Trinajstić information content (AvgIpc) is 3.04. The molecule has 0 bridgehead atoms. The van der Waals surface area contributed by atoms with Gasteiger partial charge < -0.3 is 14.7 Å². The fourth-order valence-electron chi connectivity index (χ4n) is 5.07. The zero-order valence-corrected chi connectivity index (χ0v) is 19.5. The molecule has 1 aromatic heterocycles. The lowest BCUT2D eigenvalue weighted by atomic mass is 9.98. The average molecular weight is 446 g/mol. The summed E-state index contributed by atoms with van der Waals surface area (Å²) >= 11 is 0. The van der Waals surface area contributed by atoms with E-state index in [0.29, 0.717) is 36.5 Å². The summed E-state index contributed by atoms with van der Waals surface area (Å²) in [7, 11) is -2.82. The van der Waals surface area contributed by atoms with E-state index in [4.69, 9.17) is 4.89 Å². The summed E-state index contributed by atoms with van der Waals surface area (Å²) in [5.74, 6) is 1.34. The molecule has 2 aliphatic carbocycles. The van der Waals surface area contributed by atoms with Crippen LogP contribution in [0.2, 0.25) is 0 Å². The highest BCUT2D eigenvalue weighted by Crippen LogP contribution is 2.70. The van der Waals surface area contributed by atoms with E-state index in [9.17, 15) is 9.36 Å². The minimum Gasteiger partial charge on any atom is -0.326 e. The van der Waals surface area contributed by atoms with Gasteiger partial charge in [-0.1, -0.05) is 38.1 Å². The third kappa shape index (κ3) is 4.70. The van der Waals surface area contributed by atoms with Gasteiger partial charge in [0.1, 0.15) is 0 Å². The first-order chi connectivity index (χ1) is 14.8. The van der Waals surface area contributed by atoms with Crippen LogP contribution in [0.1, 0.15) is 65.5 Å².